The maximum Gasteiger partial charge on any atom is 0.444 e. The second kappa shape index (κ2) is 10.8. The fraction of sp³-hybridized carbons (Fsp3) is 0.400. The Bertz CT molecular complexity index is 557. The van der Waals surface area contributed by atoms with E-state index < -0.39 is 12.1 Å². The summed E-state index contributed by atoms with van der Waals surface area (Å²) in [7, 11) is 1.54. The molecule has 1 aromatic carbocycles. The molecule has 0 aliphatic heterocycles. The molecule has 0 radical (unpaired) electrons. The molecule has 0 fully saturated rings. The third-order valence-corrected chi connectivity index (χ3v) is 4.15. The highest BCUT2D eigenvalue weighted by Gasteiger charge is 2.18. The van der Waals surface area contributed by atoms with Gasteiger partial charge in [0.25, 0.3) is 0 Å². The lowest BCUT2D eigenvalue weighted by molar-refractivity contribution is -0.137. The van der Waals surface area contributed by atoms with Crippen LogP contribution in [0.25, 0.3) is 0 Å². The summed E-state index contributed by atoms with van der Waals surface area (Å²) < 4.78 is 3.05. The summed E-state index contributed by atoms with van der Waals surface area (Å²) in [5.74, 6) is -0.895. The third-order valence-electron chi connectivity index (χ3n) is 2.85. The van der Waals surface area contributed by atoms with Crippen molar-refractivity contribution in [3.63, 3.8) is 0 Å². The number of thiocarbonyl (C=S) groups is 1. The Kier molecular flexibility index (Phi) is 9.13. The molecule has 0 aromatic heterocycles. The van der Waals surface area contributed by atoms with Gasteiger partial charge in [-0.25, -0.2) is 18.9 Å². The van der Waals surface area contributed by atoms with Crippen molar-refractivity contribution >= 4 is 41.4 Å². The number of carboxylic acids is 1. The van der Waals surface area contributed by atoms with Crippen LogP contribution in [0.2, 0.25) is 0 Å². The van der Waals surface area contributed by atoms with Gasteiger partial charge in [0.05, 0.1) is 6.42 Å². The van der Waals surface area contributed by atoms with Crippen molar-refractivity contribution in [2.24, 2.45) is 0 Å². The standard InChI is InChI=1S/C15H21N3O4S2/c1-3-13(23)16-22-15(21)17(2)24-18(10-9-14(19)20)11-12-7-5-4-6-8-12/h4-8H,3,9-11H2,1-2H3,(H,16,23)(H,19,20). The molecule has 1 amide bonds. The van der Waals surface area contributed by atoms with E-state index in [2.05, 4.69) is 5.48 Å². The fourth-order valence-corrected chi connectivity index (χ4v) is 2.47. The van der Waals surface area contributed by atoms with Crippen LogP contribution in [0.15, 0.2) is 30.3 Å². The second-order valence-electron chi connectivity index (χ2n) is 4.82. The minimum atomic E-state index is -0.895. The first-order valence-electron chi connectivity index (χ1n) is 7.34. The minimum Gasteiger partial charge on any atom is -0.481 e. The van der Waals surface area contributed by atoms with Crippen LogP contribution in [-0.2, 0) is 16.2 Å². The van der Waals surface area contributed by atoms with Crippen LogP contribution in [0.5, 0.6) is 0 Å². The molecular formula is C15H21N3O4S2. The number of amides is 1. The number of carboxylic acid groups (broad SMARTS) is 1. The number of hydroxylamine groups is 1. The summed E-state index contributed by atoms with van der Waals surface area (Å²) in [6.45, 7) is 2.62. The molecule has 0 bridgehead atoms. The summed E-state index contributed by atoms with van der Waals surface area (Å²) >= 11 is 6.01. The van der Waals surface area contributed by atoms with Crippen LogP contribution < -0.4 is 5.48 Å². The molecule has 0 heterocycles. The van der Waals surface area contributed by atoms with Crippen molar-refractivity contribution in [1.82, 2.24) is 14.1 Å². The summed E-state index contributed by atoms with van der Waals surface area (Å²) in [5.41, 5.74) is 3.42. The van der Waals surface area contributed by atoms with Gasteiger partial charge in [-0.3, -0.25) is 4.79 Å². The molecule has 0 aliphatic carbocycles. The number of rotatable bonds is 8. The molecule has 132 valence electrons. The van der Waals surface area contributed by atoms with E-state index in [1.165, 1.54) is 4.31 Å². The monoisotopic (exact) mass is 371 g/mol. The number of hydrogen-bond donors (Lipinski definition) is 2. The van der Waals surface area contributed by atoms with Gasteiger partial charge in [0.15, 0.2) is 0 Å². The molecule has 24 heavy (non-hydrogen) atoms. The Morgan fingerprint density at radius 3 is 2.58 bits per heavy atom. The summed E-state index contributed by atoms with van der Waals surface area (Å²) in [6, 6.07) is 9.59. The number of nitrogens with one attached hydrogen (secondary N) is 1. The second-order valence-corrected chi connectivity index (χ2v) is 6.54. The third kappa shape index (κ3) is 8.14. The Morgan fingerprint density at radius 1 is 1.33 bits per heavy atom. The summed E-state index contributed by atoms with van der Waals surface area (Å²) in [5, 5.41) is 8.88. The van der Waals surface area contributed by atoms with Crippen LogP contribution in [0.1, 0.15) is 25.3 Å². The Balaban J connectivity index is 2.60. The fourth-order valence-electron chi connectivity index (χ4n) is 1.60. The molecule has 1 aromatic rings. The lowest BCUT2D eigenvalue weighted by Gasteiger charge is -2.25. The predicted molar refractivity (Wildman–Crippen MR) is 97.0 cm³/mol. The van der Waals surface area contributed by atoms with Gasteiger partial charge in [-0.2, -0.15) is 0 Å². The molecule has 7 nitrogen and oxygen atoms in total. The molecule has 0 aliphatic rings. The SMILES string of the molecule is CCC(=S)NOC(=O)N(C)SN(CCC(=O)O)Cc1ccccc1. The zero-order chi connectivity index (χ0) is 17.9. The number of nitrogens with zero attached hydrogens (tertiary/aromatic N) is 2. The molecule has 9 heteroatoms. The topological polar surface area (TPSA) is 82.1 Å². The van der Waals surface area contributed by atoms with E-state index in [4.69, 9.17) is 22.2 Å². The highest BCUT2D eigenvalue weighted by atomic mass is 32.2. The van der Waals surface area contributed by atoms with E-state index in [0.29, 0.717) is 18.0 Å². The number of benzene rings is 1. The Morgan fingerprint density at radius 2 is 2.00 bits per heavy atom. The number of carbonyl (C=O) groups excluding carboxylic acids is 1. The van der Waals surface area contributed by atoms with Gasteiger partial charge in [0.1, 0.15) is 4.99 Å². The first kappa shape index (κ1) is 20.2. The number of hydrogen-bond acceptors (Lipinski definition) is 6. The van der Waals surface area contributed by atoms with Crippen LogP contribution in [-0.4, -0.2) is 44.4 Å². The van der Waals surface area contributed by atoms with Crippen molar-refractivity contribution in [1.29, 1.82) is 0 Å². The highest BCUT2D eigenvalue weighted by Crippen LogP contribution is 2.19. The van der Waals surface area contributed by atoms with E-state index in [9.17, 15) is 9.59 Å². The van der Waals surface area contributed by atoms with Gasteiger partial charge >= 0.3 is 12.1 Å². The van der Waals surface area contributed by atoms with Gasteiger partial charge in [0, 0.05) is 32.3 Å². The van der Waals surface area contributed by atoms with E-state index in [1.807, 2.05) is 37.3 Å². The molecule has 0 unspecified atom stereocenters. The van der Waals surface area contributed by atoms with E-state index in [-0.39, 0.29) is 13.0 Å². The average molecular weight is 371 g/mol. The lowest BCUT2D eigenvalue weighted by atomic mass is 10.2. The van der Waals surface area contributed by atoms with Crippen molar-refractivity contribution in [2.45, 2.75) is 26.3 Å². The van der Waals surface area contributed by atoms with Crippen molar-refractivity contribution < 1.29 is 19.5 Å². The van der Waals surface area contributed by atoms with Gasteiger partial charge in [-0.1, -0.05) is 49.5 Å². The normalized spacial score (nSPS) is 10.3. The van der Waals surface area contributed by atoms with Gasteiger partial charge in [-0.05, 0) is 12.0 Å². The van der Waals surface area contributed by atoms with E-state index in [1.54, 1.807) is 11.4 Å². The molecule has 0 saturated heterocycles. The van der Waals surface area contributed by atoms with Crippen molar-refractivity contribution in [3.05, 3.63) is 35.9 Å². The number of carbonyl (C=O) groups is 2. The average Bonchev–Trinajstić information content (AvgIpc) is 2.57. The predicted octanol–water partition coefficient (Wildman–Crippen LogP) is 2.84. The zero-order valence-corrected chi connectivity index (χ0v) is 15.2. The van der Waals surface area contributed by atoms with Crippen LogP contribution in [0.3, 0.4) is 0 Å². The Labute approximate surface area is 151 Å². The van der Waals surface area contributed by atoms with Gasteiger partial charge < -0.3 is 9.94 Å². The van der Waals surface area contributed by atoms with Crippen LogP contribution in [0, 0.1) is 0 Å². The van der Waals surface area contributed by atoms with E-state index in [0.717, 1.165) is 17.7 Å². The first-order valence-corrected chi connectivity index (χ1v) is 8.48. The zero-order valence-electron chi connectivity index (χ0n) is 13.6. The Hall–Kier alpha value is -1.84. The van der Waals surface area contributed by atoms with Crippen LogP contribution >= 0.6 is 24.4 Å². The first-order chi connectivity index (χ1) is 11.4. The quantitative estimate of drug-likeness (QED) is 0.410. The minimum absolute atomic E-state index is 0.0269. The number of aliphatic carboxylic acids is 1. The molecule has 0 saturated carbocycles. The molecule has 0 atom stereocenters. The van der Waals surface area contributed by atoms with Crippen molar-refractivity contribution in [3.8, 4) is 0 Å². The van der Waals surface area contributed by atoms with Gasteiger partial charge in [0.2, 0.25) is 0 Å². The van der Waals surface area contributed by atoms with E-state index >= 15 is 0 Å². The maximum absolute atomic E-state index is 11.9. The molecule has 1 rings (SSSR count). The van der Waals surface area contributed by atoms with Crippen molar-refractivity contribution in [2.75, 3.05) is 13.6 Å². The van der Waals surface area contributed by atoms with Crippen LogP contribution in [0.4, 0.5) is 4.79 Å². The maximum atomic E-state index is 11.9. The molecule has 2 N–H and O–H groups in total. The smallest absolute Gasteiger partial charge is 0.444 e. The highest BCUT2D eigenvalue weighted by molar-refractivity contribution is 7.95. The summed E-state index contributed by atoms with van der Waals surface area (Å²) in [6.07, 6.45) is -0.0803. The largest absolute Gasteiger partial charge is 0.481 e. The molecule has 0 spiro atoms. The lowest BCUT2D eigenvalue weighted by Crippen LogP contribution is -2.33. The summed E-state index contributed by atoms with van der Waals surface area (Å²) in [4.78, 5) is 28.0. The molecular weight excluding hydrogens is 350 g/mol. The van der Waals surface area contributed by atoms with Gasteiger partial charge in [-0.15, -0.1) is 0 Å².